The van der Waals surface area contributed by atoms with E-state index >= 15 is 0 Å². The number of carbonyl (C=O) groups is 10. The monoisotopic (exact) mass is 1620 g/mol. The second-order valence-electron chi connectivity index (χ2n) is 22.2. The van der Waals surface area contributed by atoms with Crippen molar-refractivity contribution in [3.63, 3.8) is 0 Å². The van der Waals surface area contributed by atoms with Gasteiger partial charge in [0.05, 0.1) is 46.4 Å². The molecule has 0 aliphatic rings. The van der Waals surface area contributed by atoms with Crippen LogP contribution in [0.15, 0.2) is 237 Å². The van der Waals surface area contributed by atoms with Crippen molar-refractivity contribution in [1.82, 2.24) is 45.1 Å². The predicted molar refractivity (Wildman–Crippen MR) is 430 cm³/mol. The van der Waals surface area contributed by atoms with Crippen molar-refractivity contribution < 1.29 is 109 Å². The van der Waals surface area contributed by atoms with E-state index < -0.39 is 59.7 Å². The van der Waals surface area contributed by atoms with Gasteiger partial charge in [-0.05, 0) is 138 Å². The van der Waals surface area contributed by atoms with E-state index in [1.165, 1.54) is 89.5 Å². The van der Waals surface area contributed by atoms with Gasteiger partial charge in [-0.15, -0.1) is 16.4 Å². The first-order valence-electron chi connectivity index (χ1n) is 32.6. The highest BCUT2D eigenvalue weighted by Gasteiger charge is 2.12. The van der Waals surface area contributed by atoms with Crippen LogP contribution in [-0.2, 0) is 38.6 Å². The van der Waals surface area contributed by atoms with Crippen LogP contribution >= 0.6 is 11.3 Å². The van der Waals surface area contributed by atoms with Crippen molar-refractivity contribution in [2.75, 3.05) is 40.1 Å². The number of carboxylic acid groups (broad SMARTS) is 10. The summed E-state index contributed by atoms with van der Waals surface area (Å²) in [6, 6.07) is 54.5. The molecular formula is C77H75N17O22S. The smallest absolute Gasteiger partial charge is 0.373 e. The number of fused-ring (bicyclic) bond motifs is 3. The number of carboxylic acids is 10. The Morgan fingerprint density at radius 1 is 0.419 bits per heavy atom. The molecule has 0 unspecified atom stereocenters. The van der Waals surface area contributed by atoms with E-state index in [-0.39, 0.29) is 64.5 Å². The first kappa shape index (κ1) is 94.1. The molecule has 14 aromatic rings. The Morgan fingerprint density at radius 3 is 1.38 bits per heavy atom. The maximum absolute atomic E-state index is 10.7. The third kappa shape index (κ3) is 35.4. The van der Waals surface area contributed by atoms with Crippen LogP contribution in [0, 0.1) is 0 Å². The number of anilines is 7. The summed E-state index contributed by atoms with van der Waals surface area (Å²) in [5.74, 6) is -9.81. The molecule has 0 radical (unpaired) electrons. The van der Waals surface area contributed by atoms with Crippen molar-refractivity contribution in [3.05, 3.63) is 298 Å². The van der Waals surface area contributed by atoms with Gasteiger partial charge < -0.3 is 112 Å². The number of hydrogen-bond acceptors (Lipinski definition) is 26. The number of thiazole rings is 1. The fraction of sp³-hybridized carbons (Fsp3) is 0.0390. The minimum absolute atomic E-state index is 0.0440. The predicted octanol–water partition coefficient (Wildman–Crippen LogP) is 9.15. The molecule has 0 aliphatic heterocycles. The number of nitrogens with two attached hydrogens (primary N) is 8. The number of rotatable bonds is 13. The van der Waals surface area contributed by atoms with Crippen molar-refractivity contribution in [2.24, 2.45) is 5.73 Å². The van der Waals surface area contributed by atoms with E-state index in [1.54, 1.807) is 109 Å². The van der Waals surface area contributed by atoms with Crippen molar-refractivity contribution in [2.45, 2.75) is 19.4 Å². The molecule has 7 aromatic heterocycles. The molecule has 39 nitrogen and oxygen atoms in total. The average Bonchev–Trinajstić information content (AvgIpc) is 1.69. The molecule has 606 valence electrons. The van der Waals surface area contributed by atoms with Crippen molar-refractivity contribution in [3.8, 4) is 0 Å². The highest BCUT2D eigenvalue weighted by molar-refractivity contribution is 7.13. The molecule has 0 spiro atoms. The van der Waals surface area contributed by atoms with Crippen LogP contribution in [0.2, 0.25) is 0 Å². The summed E-state index contributed by atoms with van der Waals surface area (Å²) in [5, 5.41) is 95.0. The number of aromatic amines is 4. The first-order valence-corrected chi connectivity index (χ1v) is 33.5. The average molecular weight is 1620 g/mol. The first-order chi connectivity index (χ1) is 55.6. The Hall–Kier alpha value is -17.1. The number of aliphatic carboxylic acids is 2. The normalized spacial score (nSPS) is 9.44. The lowest BCUT2D eigenvalue weighted by Gasteiger charge is -1.96. The van der Waals surface area contributed by atoms with Gasteiger partial charge in [0.2, 0.25) is 11.8 Å². The Bertz CT molecular complexity index is 5520. The molecule has 0 fully saturated rings. The van der Waals surface area contributed by atoms with E-state index in [0.29, 0.717) is 51.1 Å². The molecule has 30 N–H and O–H groups in total. The molecular weight excluding hydrogens is 1550 g/mol. The van der Waals surface area contributed by atoms with Gasteiger partial charge in [0.1, 0.15) is 16.9 Å². The number of hydrogen-bond donors (Lipinski definition) is 22. The Kier molecular flexibility index (Phi) is 40.1. The van der Waals surface area contributed by atoms with Crippen LogP contribution < -0.4 is 45.9 Å². The number of H-pyrrole nitrogens is 4. The van der Waals surface area contributed by atoms with Gasteiger partial charge >= 0.3 is 65.8 Å². The SMILES string of the molecule is NCc1ccc(C(=O)O)cc1.Nc1ccc(C(=O)O)cc1.Nc1ccc(CC(=O)O)cc1.Nc1cccc(C(=O)O)c1.Nc1ccncc1C(=O)O.Nc1n[nH]c(C(=O)O)n1.Nc1nc(CC(=O)O)cs1.Nc1ncccc1C(=O)O.O=C(O)c1c[nH]c2ccccc12.O=C(O)c1cccc2[nH]ccc12.O=C=O.c1ccc2[nH]ccc2c1. The largest absolute Gasteiger partial charge is 0.481 e. The third-order valence-electron chi connectivity index (χ3n) is 13.9. The lowest BCUT2D eigenvalue weighted by Crippen LogP contribution is -2.03. The molecule has 7 heterocycles. The summed E-state index contributed by atoms with van der Waals surface area (Å²) in [5.41, 5.74) is 50.8. The lowest BCUT2D eigenvalue weighted by molar-refractivity contribution is -0.191. The number of carbonyl (C=O) groups excluding carboxylic acids is 2. The molecule has 14 rings (SSSR count). The van der Waals surface area contributed by atoms with E-state index in [9.17, 15) is 47.9 Å². The summed E-state index contributed by atoms with van der Waals surface area (Å²) in [6.45, 7) is 0.444. The summed E-state index contributed by atoms with van der Waals surface area (Å²) >= 11 is 1.25. The Labute approximate surface area is 663 Å². The van der Waals surface area contributed by atoms with E-state index in [1.807, 2.05) is 42.6 Å². The number of aromatic nitrogens is 9. The van der Waals surface area contributed by atoms with E-state index in [0.717, 1.165) is 32.9 Å². The Morgan fingerprint density at radius 2 is 0.915 bits per heavy atom. The van der Waals surface area contributed by atoms with Crippen LogP contribution in [0.4, 0.5) is 39.6 Å². The molecule has 0 atom stereocenters. The second kappa shape index (κ2) is 49.8. The highest BCUT2D eigenvalue weighted by atomic mass is 32.1. The van der Waals surface area contributed by atoms with Crippen LogP contribution in [0.3, 0.4) is 0 Å². The summed E-state index contributed by atoms with van der Waals surface area (Å²) in [4.78, 5) is 143. The number of pyridine rings is 2. The summed E-state index contributed by atoms with van der Waals surface area (Å²) < 4.78 is 0. The standard InChI is InChI=1S/2C9H7NO2.2C8H9NO2.C8H7N.2C7H7NO2.2C6H6N2O2.C5H6N2O2S.C3H4N4O2.CO2/c11-9(12)7-2-1-3-8-6(7)4-5-10-8;11-9(12)7-5-10-8-4-2-1-3-6(7)8;9-5-6-1-3-7(4-2-6)8(10)11;9-7-3-1-6(2-4-7)5-8(10)11;1-2-4-8-7(3-1)5-6-9-8;8-6-3-1-5(2-4-6)7(9)10;8-6-3-1-2-5(4-6)7(9)10;7-5-1-2-8-3-4(5)6(9)10;7-5-4(6(9)10)2-1-3-8-5;6-5-7-3(2-10-5)1-4(8)9;4-3-5-1(2(8)9)6-7-3;2-1-3/h2*1-5,10H,(H,11,12);2*1-4H,5,9H2,(H,10,11);1-6,9H;2*1-4H,8H2,(H,9,10);2*1-3H,(H2,7,8)(H,9,10);2H,1H2,(H2,6,7)(H,8,9);(H,8,9)(H3,4,5,6,7);. The van der Waals surface area contributed by atoms with E-state index in [4.69, 9.17) is 107 Å². The van der Waals surface area contributed by atoms with Gasteiger partial charge in [-0.25, -0.2) is 48.3 Å². The Balaban J connectivity index is 0.000000332. The van der Waals surface area contributed by atoms with Crippen molar-refractivity contribution >= 4 is 150 Å². The molecule has 0 saturated heterocycles. The molecule has 40 heteroatoms. The number of aromatic carboxylic acids is 8. The van der Waals surface area contributed by atoms with Crippen LogP contribution in [0.25, 0.3) is 32.7 Å². The van der Waals surface area contributed by atoms with Crippen LogP contribution in [-0.4, -0.2) is 162 Å². The van der Waals surface area contributed by atoms with Crippen LogP contribution in [0.1, 0.15) is 99.9 Å². The molecule has 0 saturated carbocycles. The number of para-hydroxylation sites is 2. The van der Waals surface area contributed by atoms with Crippen molar-refractivity contribution in [1.29, 1.82) is 0 Å². The van der Waals surface area contributed by atoms with Gasteiger partial charge in [0.15, 0.2) is 5.13 Å². The maximum Gasteiger partial charge on any atom is 0.373 e. The molecule has 0 aliphatic carbocycles. The minimum Gasteiger partial charge on any atom is -0.481 e. The summed E-state index contributed by atoms with van der Waals surface area (Å²) in [6.07, 6.45) is 9.56. The molecule has 0 bridgehead atoms. The highest BCUT2D eigenvalue weighted by Crippen LogP contribution is 2.19. The minimum atomic E-state index is -1.17. The third-order valence-corrected chi connectivity index (χ3v) is 14.7. The van der Waals surface area contributed by atoms with Gasteiger partial charge in [-0.3, -0.25) is 19.7 Å². The van der Waals surface area contributed by atoms with Gasteiger partial charge in [0.25, 0.3) is 0 Å². The van der Waals surface area contributed by atoms with E-state index in [2.05, 4.69) is 63.3 Å². The summed E-state index contributed by atoms with van der Waals surface area (Å²) in [7, 11) is 0. The number of nitrogens with zero attached hydrogens (tertiary/aromatic N) is 5. The number of nitrogens with one attached hydrogen (secondary N) is 4. The lowest BCUT2D eigenvalue weighted by atomic mass is 10.1. The van der Waals surface area contributed by atoms with Gasteiger partial charge in [0, 0.05) is 99.2 Å². The molecule has 7 aromatic carbocycles. The zero-order valence-corrected chi connectivity index (χ0v) is 61.6. The van der Waals surface area contributed by atoms with Gasteiger partial charge in [-0.1, -0.05) is 72.8 Å². The quantitative estimate of drug-likeness (QED) is 0.0478. The zero-order valence-electron chi connectivity index (χ0n) is 60.8. The fourth-order valence-electron chi connectivity index (χ4n) is 8.52. The maximum atomic E-state index is 10.7. The fourth-order valence-corrected chi connectivity index (χ4v) is 9.08. The molecule has 117 heavy (non-hydrogen) atoms. The topological polar surface area (TPSA) is 743 Å². The zero-order chi connectivity index (χ0) is 87.1. The number of nitrogen functional groups attached to an aromatic ring is 7. The van der Waals surface area contributed by atoms with Gasteiger partial charge in [-0.2, -0.15) is 14.6 Å². The second-order valence-corrected chi connectivity index (χ2v) is 23.1. The number of benzene rings is 7. The van der Waals surface area contributed by atoms with Crippen LogP contribution in [0.5, 0.6) is 0 Å². The molecule has 0 amide bonds.